The molecule has 0 aliphatic rings. The Hall–Kier alpha value is -4.08. The Kier molecular flexibility index (Phi) is 5.93. The van der Waals surface area contributed by atoms with Gasteiger partial charge in [0, 0.05) is 16.8 Å². The van der Waals surface area contributed by atoms with Gasteiger partial charge in [0.05, 0.1) is 21.3 Å². The van der Waals surface area contributed by atoms with E-state index in [1.165, 1.54) is 38.7 Å². The predicted octanol–water partition coefficient (Wildman–Crippen LogP) is 1.94. The number of nitrogens with one attached hydrogen (secondary N) is 2. The molecule has 10 heteroatoms. The Morgan fingerprint density at radius 2 is 1.41 bits per heavy atom. The first kappa shape index (κ1) is 19.7. The van der Waals surface area contributed by atoms with Gasteiger partial charge in [-0.15, -0.1) is 10.2 Å². The number of hydrogen-bond acceptors (Lipinski definition) is 7. The van der Waals surface area contributed by atoms with Crippen molar-refractivity contribution in [3.05, 3.63) is 60.2 Å². The van der Waals surface area contributed by atoms with Gasteiger partial charge in [-0.05, 0) is 36.4 Å². The standard InChI is InChI=1S/C19H19N5O5/c1-27-15-8-13(9-16(28-2)17(15)29-3)18(25)22-14-6-4-12(5-7-14)19(26)23-24-10-20-21-11-24/h4-11H,1-3H3,(H,22,25)(H,23,26). The lowest BCUT2D eigenvalue weighted by Crippen LogP contribution is -2.21. The smallest absolute Gasteiger partial charge is 0.270 e. The van der Waals surface area contributed by atoms with Gasteiger partial charge in [0.25, 0.3) is 11.8 Å². The molecule has 1 heterocycles. The van der Waals surface area contributed by atoms with Crippen molar-refractivity contribution < 1.29 is 23.8 Å². The average molecular weight is 397 g/mol. The Balaban J connectivity index is 1.73. The third-order valence-electron chi connectivity index (χ3n) is 3.98. The maximum Gasteiger partial charge on any atom is 0.270 e. The van der Waals surface area contributed by atoms with E-state index in [-0.39, 0.29) is 11.8 Å². The molecule has 0 fully saturated rings. The summed E-state index contributed by atoms with van der Waals surface area (Å²) in [5, 5.41) is 9.97. The average Bonchev–Trinajstić information content (AvgIpc) is 3.25. The molecule has 2 aromatic carbocycles. The molecule has 0 atom stereocenters. The van der Waals surface area contributed by atoms with Crippen LogP contribution >= 0.6 is 0 Å². The van der Waals surface area contributed by atoms with Crippen molar-refractivity contribution in [1.29, 1.82) is 0 Å². The van der Waals surface area contributed by atoms with Crippen LogP contribution in [0, 0.1) is 0 Å². The van der Waals surface area contributed by atoms with Crippen LogP contribution in [0.3, 0.4) is 0 Å². The second-order valence-electron chi connectivity index (χ2n) is 5.76. The Labute approximate surface area is 166 Å². The van der Waals surface area contributed by atoms with Crippen LogP contribution < -0.4 is 25.0 Å². The monoisotopic (exact) mass is 397 g/mol. The van der Waals surface area contributed by atoms with E-state index in [0.717, 1.165) is 0 Å². The summed E-state index contributed by atoms with van der Waals surface area (Å²) in [5.41, 5.74) is 3.84. The normalized spacial score (nSPS) is 10.2. The predicted molar refractivity (Wildman–Crippen MR) is 104 cm³/mol. The molecule has 0 saturated carbocycles. The summed E-state index contributed by atoms with van der Waals surface area (Å²) in [7, 11) is 4.44. The van der Waals surface area contributed by atoms with E-state index in [0.29, 0.717) is 34.1 Å². The Bertz CT molecular complexity index is 977. The number of amides is 2. The minimum absolute atomic E-state index is 0.328. The third-order valence-corrected chi connectivity index (χ3v) is 3.98. The van der Waals surface area contributed by atoms with E-state index in [4.69, 9.17) is 14.2 Å². The zero-order valence-corrected chi connectivity index (χ0v) is 16.0. The van der Waals surface area contributed by atoms with E-state index in [9.17, 15) is 9.59 Å². The summed E-state index contributed by atoms with van der Waals surface area (Å²) in [6, 6.07) is 9.53. The van der Waals surface area contributed by atoms with E-state index >= 15 is 0 Å². The SMILES string of the molecule is COc1cc(C(=O)Nc2ccc(C(=O)Nn3cnnc3)cc2)cc(OC)c1OC. The molecule has 0 unspecified atom stereocenters. The summed E-state index contributed by atoms with van der Waals surface area (Å²) in [5.74, 6) is 0.435. The highest BCUT2D eigenvalue weighted by Gasteiger charge is 2.17. The number of methoxy groups -OCH3 is 3. The van der Waals surface area contributed by atoms with Gasteiger partial charge in [0.15, 0.2) is 11.5 Å². The van der Waals surface area contributed by atoms with Crippen LogP contribution in [0.5, 0.6) is 17.2 Å². The molecule has 0 aliphatic heterocycles. The van der Waals surface area contributed by atoms with Gasteiger partial charge in [0.2, 0.25) is 5.75 Å². The van der Waals surface area contributed by atoms with Gasteiger partial charge < -0.3 is 19.5 Å². The number of anilines is 1. The molecule has 10 nitrogen and oxygen atoms in total. The second kappa shape index (κ2) is 8.74. The van der Waals surface area contributed by atoms with Crippen LogP contribution in [0.2, 0.25) is 0 Å². The maximum atomic E-state index is 12.6. The van der Waals surface area contributed by atoms with Crippen molar-refractivity contribution in [2.45, 2.75) is 0 Å². The maximum absolute atomic E-state index is 12.6. The van der Waals surface area contributed by atoms with Crippen LogP contribution in [0.15, 0.2) is 49.1 Å². The first-order valence-electron chi connectivity index (χ1n) is 8.43. The highest BCUT2D eigenvalue weighted by atomic mass is 16.5. The van der Waals surface area contributed by atoms with Gasteiger partial charge >= 0.3 is 0 Å². The summed E-state index contributed by atoms with van der Waals surface area (Å²) in [4.78, 5) is 24.8. The molecule has 0 radical (unpaired) electrons. The largest absolute Gasteiger partial charge is 0.493 e. The van der Waals surface area contributed by atoms with Crippen LogP contribution in [-0.2, 0) is 0 Å². The van der Waals surface area contributed by atoms with Crippen molar-refractivity contribution in [1.82, 2.24) is 14.9 Å². The van der Waals surface area contributed by atoms with Crippen LogP contribution in [0.4, 0.5) is 5.69 Å². The fourth-order valence-electron chi connectivity index (χ4n) is 2.56. The minimum Gasteiger partial charge on any atom is -0.493 e. The van der Waals surface area contributed by atoms with Gasteiger partial charge in [-0.25, -0.2) is 4.68 Å². The number of benzene rings is 2. The summed E-state index contributed by atoms with van der Waals surface area (Å²) in [6.07, 6.45) is 2.73. The number of aromatic nitrogens is 3. The first-order chi connectivity index (χ1) is 14.0. The van der Waals surface area contributed by atoms with Crippen LogP contribution in [0.25, 0.3) is 0 Å². The molecule has 1 aromatic heterocycles. The molecule has 0 aliphatic carbocycles. The van der Waals surface area contributed by atoms with Crippen LogP contribution in [0.1, 0.15) is 20.7 Å². The summed E-state index contributed by atoms with van der Waals surface area (Å²) >= 11 is 0. The van der Waals surface area contributed by atoms with Crippen molar-refractivity contribution in [3.8, 4) is 17.2 Å². The molecule has 29 heavy (non-hydrogen) atoms. The molecule has 0 saturated heterocycles. The van der Waals surface area contributed by atoms with E-state index in [1.54, 1.807) is 36.4 Å². The topological polar surface area (TPSA) is 117 Å². The molecule has 3 aromatic rings. The number of nitrogens with zero attached hydrogens (tertiary/aromatic N) is 3. The number of ether oxygens (including phenoxy) is 3. The zero-order chi connectivity index (χ0) is 20.8. The highest BCUT2D eigenvalue weighted by molar-refractivity contribution is 6.05. The fraction of sp³-hybridized carbons (Fsp3) is 0.158. The molecule has 2 N–H and O–H groups in total. The quantitative estimate of drug-likeness (QED) is 0.626. The molecule has 2 amide bonds. The highest BCUT2D eigenvalue weighted by Crippen LogP contribution is 2.38. The number of hydrogen-bond donors (Lipinski definition) is 2. The lowest BCUT2D eigenvalue weighted by Gasteiger charge is -2.14. The Morgan fingerprint density at radius 3 is 1.93 bits per heavy atom. The second-order valence-corrected chi connectivity index (χ2v) is 5.76. The van der Waals surface area contributed by atoms with E-state index in [1.807, 2.05) is 0 Å². The fourth-order valence-corrected chi connectivity index (χ4v) is 2.56. The number of rotatable bonds is 7. The van der Waals surface area contributed by atoms with Gasteiger partial charge in [-0.3, -0.25) is 15.0 Å². The van der Waals surface area contributed by atoms with Crippen molar-refractivity contribution >= 4 is 17.5 Å². The zero-order valence-electron chi connectivity index (χ0n) is 16.0. The molecule has 3 rings (SSSR count). The van der Waals surface area contributed by atoms with Crippen molar-refractivity contribution in [2.24, 2.45) is 0 Å². The van der Waals surface area contributed by atoms with Gasteiger partial charge in [-0.1, -0.05) is 0 Å². The van der Waals surface area contributed by atoms with Gasteiger partial charge in [0.1, 0.15) is 12.7 Å². The third kappa shape index (κ3) is 4.43. The van der Waals surface area contributed by atoms with Gasteiger partial charge in [-0.2, -0.15) is 0 Å². The lowest BCUT2D eigenvalue weighted by molar-refractivity contribution is 0.100. The first-order valence-corrected chi connectivity index (χ1v) is 8.43. The molecule has 0 bridgehead atoms. The number of carbonyl (C=O) groups is 2. The Morgan fingerprint density at radius 1 is 0.828 bits per heavy atom. The molecule has 150 valence electrons. The number of carbonyl (C=O) groups excluding carboxylic acids is 2. The summed E-state index contributed by atoms with van der Waals surface area (Å²) < 4.78 is 17.1. The van der Waals surface area contributed by atoms with Crippen LogP contribution in [-0.4, -0.2) is 48.0 Å². The minimum atomic E-state index is -0.369. The van der Waals surface area contributed by atoms with Crippen molar-refractivity contribution in [3.63, 3.8) is 0 Å². The van der Waals surface area contributed by atoms with Crippen molar-refractivity contribution in [2.75, 3.05) is 32.1 Å². The lowest BCUT2D eigenvalue weighted by atomic mass is 10.1. The van der Waals surface area contributed by atoms with E-state index in [2.05, 4.69) is 20.9 Å². The molecular weight excluding hydrogens is 378 g/mol. The molecule has 0 spiro atoms. The summed E-state index contributed by atoms with van der Waals surface area (Å²) in [6.45, 7) is 0. The van der Waals surface area contributed by atoms with E-state index < -0.39 is 0 Å². The molecular formula is C19H19N5O5.